The lowest BCUT2D eigenvalue weighted by Crippen LogP contribution is -1.81. The highest BCUT2D eigenvalue weighted by molar-refractivity contribution is 7.78. The van der Waals surface area contributed by atoms with Crippen LogP contribution in [0.2, 0.25) is 0 Å². The first kappa shape index (κ1) is 15.9. The van der Waals surface area contributed by atoms with Gasteiger partial charge in [0.1, 0.15) is 5.69 Å². The van der Waals surface area contributed by atoms with Crippen molar-refractivity contribution in [1.29, 1.82) is 0 Å². The van der Waals surface area contributed by atoms with Gasteiger partial charge in [0.25, 0.3) is 0 Å². The smallest absolute Gasteiger partial charge is 0.150 e. The molecule has 2 rings (SSSR count). The van der Waals surface area contributed by atoms with Crippen LogP contribution in [0, 0.1) is 17.7 Å². The Kier molecular flexibility index (Phi) is 5.80. The molecule has 0 N–H and O–H groups in total. The summed E-state index contributed by atoms with van der Waals surface area (Å²) in [6.45, 7) is 2.10. The van der Waals surface area contributed by atoms with Crippen LogP contribution in [-0.2, 0) is 0 Å². The Morgan fingerprint density at radius 1 is 1.09 bits per heavy atom. The van der Waals surface area contributed by atoms with E-state index in [1.54, 1.807) is 6.07 Å². The molecule has 0 saturated carbocycles. The summed E-state index contributed by atoms with van der Waals surface area (Å²) < 4.78 is 13.7. The molecule has 0 amide bonds. The number of rotatable bonds is 3. The molecule has 22 heavy (non-hydrogen) atoms. The molecule has 2 aromatic carbocycles. The Labute approximate surface area is 135 Å². The molecule has 0 bridgehead atoms. The number of benzene rings is 2. The molecule has 0 saturated heterocycles. The molecule has 0 unspecified atom stereocenters. The molecule has 2 aromatic rings. The van der Waals surface area contributed by atoms with Gasteiger partial charge in [-0.3, -0.25) is 0 Å². The van der Waals surface area contributed by atoms with E-state index in [4.69, 9.17) is 0 Å². The van der Waals surface area contributed by atoms with Gasteiger partial charge >= 0.3 is 0 Å². The molecule has 1 nitrogen and oxygen atoms in total. The fourth-order valence-corrected chi connectivity index (χ4v) is 1.90. The van der Waals surface area contributed by atoms with Gasteiger partial charge in [-0.05, 0) is 54.5 Å². The molecule has 108 valence electrons. The molecule has 0 heterocycles. The fraction of sp³-hybridized carbons (Fsp3) is 0.105. The fourth-order valence-electron chi connectivity index (χ4n) is 1.80. The van der Waals surface area contributed by atoms with E-state index in [-0.39, 0.29) is 5.69 Å². The summed E-state index contributed by atoms with van der Waals surface area (Å²) in [6.07, 6.45) is 5.19. The molecule has 0 aliphatic heterocycles. The van der Waals surface area contributed by atoms with Crippen LogP contribution in [0.5, 0.6) is 0 Å². The van der Waals surface area contributed by atoms with Gasteiger partial charge in [-0.2, -0.15) is 4.99 Å². The van der Waals surface area contributed by atoms with Crippen molar-refractivity contribution in [1.82, 2.24) is 0 Å². The van der Waals surface area contributed by atoms with Crippen molar-refractivity contribution in [3.8, 4) is 11.8 Å². The zero-order chi connectivity index (χ0) is 15.8. The zero-order valence-electron chi connectivity index (χ0n) is 12.1. The van der Waals surface area contributed by atoms with Crippen molar-refractivity contribution in [2.24, 2.45) is 4.99 Å². The average molecular weight is 307 g/mol. The molecule has 3 heteroatoms. The van der Waals surface area contributed by atoms with Gasteiger partial charge in [0, 0.05) is 11.1 Å². The van der Waals surface area contributed by atoms with Gasteiger partial charge in [0.15, 0.2) is 5.82 Å². The van der Waals surface area contributed by atoms with Crippen LogP contribution >= 0.6 is 12.2 Å². The Bertz CT molecular complexity index is 788. The van der Waals surface area contributed by atoms with E-state index >= 15 is 0 Å². The first-order chi connectivity index (χ1) is 10.7. The third kappa shape index (κ3) is 4.49. The third-order valence-electron chi connectivity index (χ3n) is 2.92. The van der Waals surface area contributed by atoms with Gasteiger partial charge in [-0.1, -0.05) is 43.0 Å². The Hall–Kier alpha value is -2.53. The first-order valence-corrected chi connectivity index (χ1v) is 7.30. The lowest BCUT2D eigenvalue weighted by Gasteiger charge is -1.96. The van der Waals surface area contributed by atoms with Crippen molar-refractivity contribution >= 4 is 29.1 Å². The second-order valence-electron chi connectivity index (χ2n) is 4.55. The van der Waals surface area contributed by atoms with Crippen LogP contribution in [0.1, 0.15) is 30.0 Å². The van der Waals surface area contributed by atoms with E-state index in [9.17, 15) is 4.39 Å². The van der Waals surface area contributed by atoms with E-state index < -0.39 is 5.82 Å². The van der Waals surface area contributed by atoms with E-state index in [1.165, 1.54) is 12.1 Å². The van der Waals surface area contributed by atoms with Crippen molar-refractivity contribution < 1.29 is 4.39 Å². The average Bonchev–Trinajstić information content (AvgIpc) is 2.54. The van der Waals surface area contributed by atoms with Crippen molar-refractivity contribution in [3.63, 3.8) is 0 Å². The Morgan fingerprint density at radius 2 is 1.77 bits per heavy atom. The van der Waals surface area contributed by atoms with Gasteiger partial charge in [0.05, 0.1) is 5.16 Å². The SMILES string of the molecule is CC/C=C/c1ccc(C#Cc2ccc(N=C=S)c(F)c2)cc1. The highest BCUT2D eigenvalue weighted by atomic mass is 32.1. The van der Waals surface area contributed by atoms with Crippen LogP contribution in [-0.4, -0.2) is 5.16 Å². The second kappa shape index (κ2) is 8.05. The largest absolute Gasteiger partial charge is 0.205 e. The Morgan fingerprint density at radius 3 is 2.41 bits per heavy atom. The van der Waals surface area contributed by atoms with Gasteiger partial charge < -0.3 is 0 Å². The summed E-state index contributed by atoms with van der Waals surface area (Å²) in [5.41, 5.74) is 2.79. The normalized spacial score (nSPS) is 9.91. The maximum absolute atomic E-state index is 13.7. The van der Waals surface area contributed by atoms with E-state index in [0.29, 0.717) is 5.56 Å². The van der Waals surface area contributed by atoms with Gasteiger partial charge in [-0.25, -0.2) is 4.39 Å². The van der Waals surface area contributed by atoms with E-state index in [1.807, 2.05) is 24.3 Å². The molecular formula is C19H14FNS. The van der Waals surface area contributed by atoms with Crippen molar-refractivity contribution in [2.45, 2.75) is 13.3 Å². The monoisotopic (exact) mass is 307 g/mol. The van der Waals surface area contributed by atoms with Crippen LogP contribution < -0.4 is 0 Å². The second-order valence-corrected chi connectivity index (χ2v) is 4.73. The number of aliphatic imine (C=N–C) groups is 1. The summed E-state index contributed by atoms with van der Waals surface area (Å²) >= 11 is 4.46. The van der Waals surface area contributed by atoms with Crippen LogP contribution in [0.25, 0.3) is 6.08 Å². The minimum absolute atomic E-state index is 0.174. The number of halogens is 1. The molecular weight excluding hydrogens is 293 g/mol. The van der Waals surface area contributed by atoms with Crippen LogP contribution in [0.3, 0.4) is 0 Å². The number of hydrogen-bond acceptors (Lipinski definition) is 2. The molecule has 0 aliphatic carbocycles. The Balaban J connectivity index is 2.18. The minimum atomic E-state index is -0.454. The molecule has 0 atom stereocenters. The van der Waals surface area contributed by atoms with Gasteiger partial charge in [0.2, 0.25) is 0 Å². The predicted octanol–water partition coefficient (Wildman–Crippen LogP) is 5.38. The molecule has 0 aliphatic rings. The summed E-state index contributed by atoms with van der Waals surface area (Å²) in [6, 6.07) is 12.5. The van der Waals surface area contributed by atoms with Crippen LogP contribution in [0.15, 0.2) is 53.5 Å². The number of isothiocyanates is 1. The highest BCUT2D eigenvalue weighted by Crippen LogP contribution is 2.18. The summed E-state index contributed by atoms with van der Waals surface area (Å²) in [5, 5.41) is 2.15. The minimum Gasteiger partial charge on any atom is -0.205 e. The van der Waals surface area contributed by atoms with Crippen molar-refractivity contribution in [3.05, 3.63) is 71.0 Å². The molecule has 0 aromatic heterocycles. The third-order valence-corrected chi connectivity index (χ3v) is 3.01. The lowest BCUT2D eigenvalue weighted by molar-refractivity contribution is 0.629. The summed E-state index contributed by atoms with van der Waals surface area (Å²) in [5.74, 6) is 5.50. The highest BCUT2D eigenvalue weighted by Gasteiger charge is 2.00. The molecule has 0 spiro atoms. The van der Waals surface area contributed by atoms with E-state index in [0.717, 1.165) is 17.5 Å². The molecule has 0 fully saturated rings. The first-order valence-electron chi connectivity index (χ1n) is 6.89. The zero-order valence-corrected chi connectivity index (χ0v) is 13.0. The predicted molar refractivity (Wildman–Crippen MR) is 92.8 cm³/mol. The van der Waals surface area contributed by atoms with Crippen molar-refractivity contribution in [2.75, 3.05) is 0 Å². The maximum atomic E-state index is 13.7. The quantitative estimate of drug-likeness (QED) is 0.421. The van der Waals surface area contributed by atoms with Gasteiger partial charge in [-0.15, -0.1) is 0 Å². The number of hydrogen-bond donors (Lipinski definition) is 0. The van der Waals surface area contributed by atoms with Crippen LogP contribution in [0.4, 0.5) is 10.1 Å². The maximum Gasteiger partial charge on any atom is 0.150 e. The number of nitrogens with zero attached hydrogens (tertiary/aromatic N) is 1. The number of allylic oxidation sites excluding steroid dienone is 1. The molecule has 0 radical (unpaired) electrons. The number of thiocarbonyl (C=S) groups is 1. The standard InChI is InChI=1S/C19H14FNS/c1-2-3-4-15-5-7-16(8-6-15)9-10-17-11-12-19(21-14-22)18(20)13-17/h3-8,11-13H,2H2,1H3/b4-3+. The summed E-state index contributed by atoms with van der Waals surface area (Å²) in [4.78, 5) is 3.63. The van der Waals surface area contributed by atoms with E-state index in [2.05, 4.69) is 53.3 Å². The topological polar surface area (TPSA) is 12.4 Å². The lowest BCUT2D eigenvalue weighted by atomic mass is 10.1. The summed E-state index contributed by atoms with van der Waals surface area (Å²) in [7, 11) is 0.